The van der Waals surface area contributed by atoms with Crippen LogP contribution < -0.4 is 15.4 Å². The van der Waals surface area contributed by atoms with Gasteiger partial charge in [-0.1, -0.05) is 25.1 Å². The van der Waals surface area contributed by atoms with Gasteiger partial charge in [-0.2, -0.15) is 0 Å². The third-order valence-corrected chi connectivity index (χ3v) is 8.30. The second kappa shape index (κ2) is 5.72. The minimum Gasteiger partial charge on any atom is -0.497 e. The van der Waals surface area contributed by atoms with Gasteiger partial charge in [0.05, 0.1) is 19.3 Å². The van der Waals surface area contributed by atoms with E-state index in [4.69, 9.17) is 10.5 Å². The molecular weight excluding hydrogens is 354 g/mol. The summed E-state index contributed by atoms with van der Waals surface area (Å²) >= 11 is 0. The Kier molecular flexibility index (Phi) is 3.77. The van der Waals surface area contributed by atoms with Gasteiger partial charge in [0.1, 0.15) is 11.4 Å². The van der Waals surface area contributed by atoms with Crippen LogP contribution in [-0.2, 0) is 5.41 Å². The normalized spacial score (nSPS) is 43.6. The van der Waals surface area contributed by atoms with Gasteiger partial charge >= 0.3 is 0 Å². The highest BCUT2D eigenvalue weighted by Gasteiger charge is 2.76. The number of nitrogens with zero attached hydrogens (tertiary/aromatic N) is 2. The van der Waals surface area contributed by atoms with Gasteiger partial charge in [0.25, 0.3) is 0 Å². The second-order valence-electron chi connectivity index (χ2n) is 9.05. The lowest BCUT2D eigenvalue weighted by Gasteiger charge is -2.64. The molecule has 6 atom stereocenters. The number of methoxy groups -OCH3 is 1. The van der Waals surface area contributed by atoms with Gasteiger partial charge in [-0.25, -0.2) is 0 Å². The van der Waals surface area contributed by atoms with E-state index in [0.29, 0.717) is 0 Å². The van der Waals surface area contributed by atoms with Crippen molar-refractivity contribution in [3.05, 3.63) is 35.9 Å². The molecule has 1 unspecified atom stereocenters. The van der Waals surface area contributed by atoms with Crippen molar-refractivity contribution in [1.82, 2.24) is 4.90 Å². The average Bonchev–Trinajstić information content (AvgIpc) is 3.23. The van der Waals surface area contributed by atoms with Gasteiger partial charge < -0.3 is 25.6 Å². The van der Waals surface area contributed by atoms with Gasteiger partial charge in [-0.05, 0) is 31.0 Å². The van der Waals surface area contributed by atoms with Crippen molar-refractivity contribution >= 4 is 5.69 Å². The molecule has 2 fully saturated rings. The van der Waals surface area contributed by atoms with Crippen molar-refractivity contribution in [3.8, 4) is 5.75 Å². The molecule has 28 heavy (non-hydrogen) atoms. The summed E-state index contributed by atoms with van der Waals surface area (Å²) in [4.78, 5) is 4.65. The number of anilines is 1. The van der Waals surface area contributed by atoms with E-state index in [1.807, 2.05) is 13.1 Å². The number of aliphatic hydroxyl groups excluding tert-OH is 1. The Balaban J connectivity index is 1.83. The first-order valence-electron chi connectivity index (χ1n) is 10.3. The molecular formula is C22H31N3O3. The largest absolute Gasteiger partial charge is 0.497 e. The molecule has 3 aliphatic heterocycles. The van der Waals surface area contributed by atoms with Crippen molar-refractivity contribution < 1.29 is 14.9 Å². The number of hydrogen-bond acceptors (Lipinski definition) is 6. The lowest BCUT2D eigenvalue weighted by atomic mass is 9.48. The second-order valence-corrected chi connectivity index (χ2v) is 9.05. The van der Waals surface area contributed by atoms with Crippen LogP contribution in [0.5, 0.6) is 5.75 Å². The molecule has 5 rings (SSSR count). The Hall–Kier alpha value is -1.60. The lowest BCUT2D eigenvalue weighted by molar-refractivity contribution is -0.194. The molecule has 1 saturated heterocycles. The summed E-state index contributed by atoms with van der Waals surface area (Å²) in [6, 6.07) is 6.11. The SMILES string of the molecule is CCC12C=CCN3CC[C@@]4(c5ccc(OC)cc5N(C)[C@H]4[C@@](O)(CN)[C@@H]1O)[C@@H]32. The van der Waals surface area contributed by atoms with E-state index in [9.17, 15) is 10.2 Å². The molecule has 6 heteroatoms. The van der Waals surface area contributed by atoms with Crippen molar-refractivity contribution in [2.24, 2.45) is 11.1 Å². The summed E-state index contributed by atoms with van der Waals surface area (Å²) in [5.74, 6) is 0.803. The molecule has 152 valence electrons. The fourth-order valence-corrected chi connectivity index (χ4v) is 7.32. The monoisotopic (exact) mass is 385 g/mol. The predicted molar refractivity (Wildman–Crippen MR) is 109 cm³/mol. The first-order chi connectivity index (χ1) is 13.4. The number of ether oxygens (including phenoxy) is 1. The third-order valence-electron chi connectivity index (χ3n) is 8.30. The van der Waals surface area contributed by atoms with Crippen LogP contribution in [0.25, 0.3) is 0 Å². The van der Waals surface area contributed by atoms with E-state index in [2.05, 4.69) is 41.0 Å². The summed E-state index contributed by atoms with van der Waals surface area (Å²) in [7, 11) is 3.69. The number of aliphatic hydroxyl groups is 2. The van der Waals surface area contributed by atoms with E-state index in [-0.39, 0.29) is 24.0 Å². The summed E-state index contributed by atoms with van der Waals surface area (Å²) in [5, 5.41) is 23.6. The molecule has 0 radical (unpaired) electrons. The average molecular weight is 386 g/mol. The highest BCUT2D eigenvalue weighted by molar-refractivity contribution is 5.70. The maximum Gasteiger partial charge on any atom is 0.125 e. The van der Waals surface area contributed by atoms with Gasteiger partial charge in [-0.3, -0.25) is 4.90 Å². The summed E-state index contributed by atoms with van der Waals surface area (Å²) in [6.07, 6.45) is 5.12. The Labute approximate surface area is 166 Å². The number of fused-ring (bicyclic) bond motifs is 1. The molecule has 4 aliphatic rings. The Morgan fingerprint density at radius 3 is 2.79 bits per heavy atom. The van der Waals surface area contributed by atoms with E-state index < -0.39 is 17.1 Å². The number of hydrogen-bond donors (Lipinski definition) is 3. The van der Waals surface area contributed by atoms with Crippen LogP contribution in [0.1, 0.15) is 25.3 Å². The zero-order valence-electron chi connectivity index (χ0n) is 16.9. The van der Waals surface area contributed by atoms with Crippen LogP contribution in [0.2, 0.25) is 0 Å². The maximum atomic E-state index is 11.9. The van der Waals surface area contributed by atoms with E-state index >= 15 is 0 Å². The topological polar surface area (TPSA) is 82.2 Å². The van der Waals surface area contributed by atoms with Crippen LogP contribution in [0.3, 0.4) is 0 Å². The minimum atomic E-state index is -1.40. The van der Waals surface area contributed by atoms with E-state index in [1.165, 1.54) is 5.56 Å². The number of benzene rings is 1. The van der Waals surface area contributed by atoms with Crippen molar-refractivity contribution in [1.29, 1.82) is 0 Å². The van der Waals surface area contributed by atoms with Crippen LogP contribution in [-0.4, -0.2) is 72.7 Å². The fourth-order valence-electron chi connectivity index (χ4n) is 7.32. The smallest absolute Gasteiger partial charge is 0.125 e. The Bertz CT molecular complexity index is 844. The third kappa shape index (κ3) is 1.79. The van der Waals surface area contributed by atoms with Gasteiger partial charge in [0.2, 0.25) is 0 Å². The van der Waals surface area contributed by atoms with E-state index in [1.54, 1.807) is 7.11 Å². The van der Waals surface area contributed by atoms with Crippen molar-refractivity contribution in [3.63, 3.8) is 0 Å². The highest BCUT2D eigenvalue weighted by atomic mass is 16.5. The molecule has 1 aromatic rings. The molecule has 0 amide bonds. The van der Waals surface area contributed by atoms with Gasteiger partial charge in [0, 0.05) is 48.8 Å². The summed E-state index contributed by atoms with van der Waals surface area (Å²) < 4.78 is 5.48. The molecule has 3 heterocycles. The summed E-state index contributed by atoms with van der Waals surface area (Å²) in [5.41, 5.74) is 6.34. The van der Waals surface area contributed by atoms with Crippen LogP contribution in [0.4, 0.5) is 5.69 Å². The van der Waals surface area contributed by atoms with Crippen molar-refractivity contribution in [2.45, 2.75) is 49.0 Å². The number of likely N-dealkylation sites (N-methyl/N-ethyl adjacent to an activating group) is 1. The number of rotatable bonds is 3. The summed E-state index contributed by atoms with van der Waals surface area (Å²) in [6.45, 7) is 4.00. The van der Waals surface area contributed by atoms with Gasteiger partial charge in [-0.15, -0.1) is 0 Å². The van der Waals surface area contributed by atoms with Crippen LogP contribution in [0.15, 0.2) is 30.4 Å². The molecule has 0 aromatic heterocycles. The van der Waals surface area contributed by atoms with Gasteiger partial charge in [0.15, 0.2) is 0 Å². The number of nitrogens with two attached hydrogens (primary N) is 1. The van der Waals surface area contributed by atoms with Crippen LogP contribution in [0, 0.1) is 5.41 Å². The molecule has 1 saturated carbocycles. The quantitative estimate of drug-likeness (QED) is 0.670. The molecule has 6 nitrogen and oxygen atoms in total. The minimum absolute atomic E-state index is 0.0261. The first kappa shape index (κ1) is 18.4. The predicted octanol–water partition coefficient (Wildman–Crippen LogP) is 0.856. The standard InChI is InChI=1S/C22H31N3O3/c1-4-20-8-5-10-25-11-9-21(17(20)25)15-7-6-14(28-3)12-16(15)24(2)18(21)22(27,13-23)19(20)26/h5-8,12,17-19,26-27H,4,9-11,13,23H2,1-3H3/t17-,18+,19+,20?,21+,22-/m0/s1. The van der Waals surface area contributed by atoms with Crippen molar-refractivity contribution in [2.75, 3.05) is 38.7 Å². The first-order valence-corrected chi connectivity index (χ1v) is 10.3. The molecule has 0 bridgehead atoms. The highest BCUT2D eigenvalue weighted by Crippen LogP contribution is 2.66. The Morgan fingerprint density at radius 2 is 2.11 bits per heavy atom. The molecule has 1 aliphatic carbocycles. The van der Waals surface area contributed by atoms with Crippen LogP contribution >= 0.6 is 0 Å². The van der Waals surface area contributed by atoms with E-state index in [0.717, 1.165) is 37.4 Å². The molecule has 4 N–H and O–H groups in total. The Morgan fingerprint density at radius 1 is 1.32 bits per heavy atom. The maximum absolute atomic E-state index is 11.9. The zero-order chi connectivity index (χ0) is 19.9. The molecule has 1 spiro atoms. The fraction of sp³-hybridized carbons (Fsp3) is 0.636. The molecule has 1 aromatic carbocycles. The lowest BCUT2D eigenvalue weighted by Crippen LogP contribution is -2.80. The zero-order valence-corrected chi connectivity index (χ0v) is 16.9.